The van der Waals surface area contributed by atoms with E-state index in [9.17, 15) is 37.2 Å². The van der Waals surface area contributed by atoms with Crippen molar-refractivity contribution in [2.75, 3.05) is 131 Å². The molecule has 85 heavy (non-hydrogen) atoms. The molecule has 0 bridgehead atoms. The predicted molar refractivity (Wildman–Crippen MR) is 331 cm³/mol. The smallest absolute Gasteiger partial charge is 0.317 e. The molecule has 468 valence electrons. The predicted octanol–water partition coefficient (Wildman–Crippen LogP) is 5.81. The van der Waals surface area contributed by atoms with E-state index in [4.69, 9.17) is 85.6 Å². The van der Waals surface area contributed by atoms with Gasteiger partial charge >= 0.3 is 11.9 Å². The summed E-state index contributed by atoms with van der Waals surface area (Å²) in [4.78, 5) is 89.8. The molecule has 0 aromatic heterocycles. The lowest BCUT2D eigenvalue weighted by Crippen LogP contribution is -2.61. The number of sulfonamides is 1. The van der Waals surface area contributed by atoms with Gasteiger partial charge in [-0.2, -0.15) is 4.31 Å². The third-order valence-corrected chi connectivity index (χ3v) is 19.8. The molecule has 3 aromatic rings. The van der Waals surface area contributed by atoms with Crippen molar-refractivity contribution in [3.63, 3.8) is 0 Å². The van der Waals surface area contributed by atoms with Crippen LogP contribution < -0.4 is 5.73 Å². The van der Waals surface area contributed by atoms with E-state index in [-0.39, 0.29) is 67.6 Å². The zero-order valence-corrected chi connectivity index (χ0v) is 53.3. The number of nitrogens with zero attached hydrogens (tertiary/aromatic N) is 9. The Morgan fingerprint density at radius 2 is 0.847 bits per heavy atom. The molecule has 6 aliphatic rings. The molecule has 9 rings (SSSR count). The molecule has 27 heteroatoms. The average molecular weight is 1320 g/mol. The van der Waals surface area contributed by atoms with Crippen molar-refractivity contribution >= 4 is 115 Å². The first-order chi connectivity index (χ1) is 40.4. The third kappa shape index (κ3) is 20.8. The standard InChI is InChI=1S/C21H28Cl2N4O4.C19H25Cl2N3O3.C18H25Cl2N3O3S/c22-16-4-3-14(9-17(16)23)10-19(28)27-8-7-26(21(31)18(24)11-20(29)30)13-15(27)12-25-5-1-2-6-25;20-16-4-3-14(9-17(16)21)10-18(25)24-8-7-23(13-19(26)27)12-15(24)11-22-5-1-2-6-22;1-27(25,26)22-8-9-23(15(13-22)12-21-6-2-3-7-21)18(24)11-14-4-5-16(19)17(20)10-14/h3-4,9,15,18H,1-2,5-8,10-13,24H2,(H,29,30);3-4,9,15H,1-2,5-8,10-13H2,(H,26,27);4-5,10,15H,2-3,6-9,11-13H2,1H3/t15-,18+;2*15-/m111/s1. The van der Waals surface area contributed by atoms with E-state index >= 15 is 0 Å². The second-order valence-electron chi connectivity index (χ2n) is 22.8. The largest absolute Gasteiger partial charge is 0.481 e. The summed E-state index contributed by atoms with van der Waals surface area (Å²) in [5.41, 5.74) is 8.21. The Balaban J connectivity index is 0.000000183. The number of carboxylic acid groups (broad SMARTS) is 2. The average Bonchev–Trinajstić information content (AvgIpc) is 4.38. The maximum Gasteiger partial charge on any atom is 0.317 e. The van der Waals surface area contributed by atoms with Crippen LogP contribution in [-0.2, 0) is 58.1 Å². The first-order valence-electron chi connectivity index (χ1n) is 28.9. The maximum atomic E-state index is 13.1. The number of carbonyl (C=O) groups excluding carboxylic acids is 4. The highest BCUT2D eigenvalue weighted by Crippen LogP contribution is 2.28. The number of amides is 4. The number of halogens is 6. The van der Waals surface area contributed by atoms with Gasteiger partial charge in [0.2, 0.25) is 33.7 Å². The monoisotopic (exact) mass is 1320 g/mol. The minimum atomic E-state index is -3.27. The number of rotatable bonds is 18. The van der Waals surface area contributed by atoms with Crippen LogP contribution in [0.5, 0.6) is 0 Å². The Kier molecular flexibility index (Phi) is 26.1. The van der Waals surface area contributed by atoms with Gasteiger partial charge in [0.15, 0.2) is 0 Å². The molecule has 4 N–H and O–H groups in total. The third-order valence-electron chi connectivity index (χ3n) is 16.3. The lowest BCUT2D eigenvalue weighted by molar-refractivity contribution is -0.146. The van der Waals surface area contributed by atoms with E-state index in [1.165, 1.54) is 23.4 Å². The van der Waals surface area contributed by atoms with Crippen molar-refractivity contribution in [3.8, 4) is 0 Å². The van der Waals surface area contributed by atoms with E-state index < -0.39 is 34.4 Å². The molecule has 20 nitrogen and oxygen atoms in total. The number of piperazine rings is 3. The quantitative estimate of drug-likeness (QED) is 0.137. The van der Waals surface area contributed by atoms with Crippen LogP contribution in [0.25, 0.3) is 0 Å². The summed E-state index contributed by atoms with van der Waals surface area (Å²) in [6.45, 7) is 12.1. The SMILES string of the molecule is CS(=O)(=O)N1CCN(C(=O)Cc2ccc(Cl)c(Cl)c2)[C@H](CN2CCCC2)C1.N[C@@H](CC(=O)O)C(=O)N1CCN(C(=O)Cc2ccc(Cl)c(Cl)c2)[C@H](CN2CCCC2)C1.O=C(O)CN1CCN(C(=O)Cc2ccc(Cl)c(Cl)c2)[C@H](CN2CCCC2)C1. The summed E-state index contributed by atoms with van der Waals surface area (Å²) in [7, 11) is -3.27. The molecule has 6 fully saturated rings. The van der Waals surface area contributed by atoms with E-state index in [0.717, 1.165) is 88.2 Å². The molecule has 4 atom stereocenters. The molecular formula is C58H78Cl6N10O10S. The van der Waals surface area contributed by atoms with E-state index in [0.29, 0.717) is 102 Å². The van der Waals surface area contributed by atoms with Gasteiger partial charge in [-0.15, -0.1) is 0 Å². The van der Waals surface area contributed by atoms with Crippen molar-refractivity contribution < 1.29 is 47.4 Å². The number of carbonyl (C=O) groups is 6. The van der Waals surface area contributed by atoms with Gasteiger partial charge in [-0.05, 0) is 131 Å². The maximum absolute atomic E-state index is 13.1. The lowest BCUT2D eigenvalue weighted by atomic mass is 10.1. The van der Waals surface area contributed by atoms with E-state index in [1.54, 1.807) is 53.4 Å². The van der Waals surface area contributed by atoms with Gasteiger partial charge in [0.1, 0.15) is 0 Å². The first kappa shape index (κ1) is 68.4. The van der Waals surface area contributed by atoms with Gasteiger partial charge < -0.3 is 50.2 Å². The summed E-state index contributed by atoms with van der Waals surface area (Å²) in [5, 5.41) is 20.7. The van der Waals surface area contributed by atoms with Crippen molar-refractivity contribution in [1.29, 1.82) is 0 Å². The minimum absolute atomic E-state index is 0.00599. The Labute approximate surface area is 528 Å². The van der Waals surface area contributed by atoms with Crippen LogP contribution in [0.15, 0.2) is 54.6 Å². The number of likely N-dealkylation sites (tertiary alicyclic amines) is 3. The second kappa shape index (κ2) is 32.4. The molecule has 0 saturated carbocycles. The molecule has 0 spiro atoms. The van der Waals surface area contributed by atoms with Crippen LogP contribution in [0.4, 0.5) is 0 Å². The molecular weight excluding hydrogens is 1240 g/mol. The molecule has 6 aliphatic heterocycles. The molecule has 0 aliphatic carbocycles. The summed E-state index contributed by atoms with van der Waals surface area (Å²) in [6.07, 6.45) is 8.43. The minimum Gasteiger partial charge on any atom is -0.481 e. The van der Waals surface area contributed by atoms with Gasteiger partial charge in [0.05, 0.1) is 92.8 Å². The topological polar surface area (TPSA) is 232 Å². The van der Waals surface area contributed by atoms with Crippen LogP contribution >= 0.6 is 69.6 Å². The van der Waals surface area contributed by atoms with Crippen LogP contribution in [-0.4, -0.2) is 252 Å². The Hall–Kier alpha value is -4.07. The van der Waals surface area contributed by atoms with Gasteiger partial charge in [0.25, 0.3) is 0 Å². The van der Waals surface area contributed by atoms with Crippen molar-refractivity contribution in [2.24, 2.45) is 5.73 Å². The molecule has 6 heterocycles. The summed E-state index contributed by atoms with van der Waals surface area (Å²) in [6, 6.07) is 14.2. The van der Waals surface area contributed by atoms with Crippen LogP contribution in [0.3, 0.4) is 0 Å². The first-order valence-corrected chi connectivity index (χ1v) is 33.0. The van der Waals surface area contributed by atoms with Crippen LogP contribution in [0.2, 0.25) is 30.1 Å². The normalized spacial score (nSPS) is 21.5. The molecule has 3 aromatic carbocycles. The molecule has 0 unspecified atom stereocenters. The number of hydrogen-bond acceptors (Lipinski definition) is 13. The zero-order valence-electron chi connectivity index (χ0n) is 48.0. The molecule has 6 saturated heterocycles. The summed E-state index contributed by atoms with van der Waals surface area (Å²) < 4.78 is 25.5. The van der Waals surface area contributed by atoms with Crippen LogP contribution in [0, 0.1) is 0 Å². The number of hydrogen-bond donors (Lipinski definition) is 3. The highest BCUT2D eigenvalue weighted by atomic mass is 35.5. The van der Waals surface area contributed by atoms with Gasteiger partial charge in [0, 0.05) is 78.5 Å². The fourth-order valence-electron chi connectivity index (χ4n) is 12.0. The number of nitrogens with two attached hydrogens (primary N) is 1. The lowest BCUT2D eigenvalue weighted by Gasteiger charge is -2.43. The number of aliphatic carboxylic acids is 2. The summed E-state index contributed by atoms with van der Waals surface area (Å²) in [5.74, 6) is -2.32. The summed E-state index contributed by atoms with van der Waals surface area (Å²) >= 11 is 36.1. The Bertz CT molecular complexity index is 2940. The Morgan fingerprint density at radius 1 is 0.482 bits per heavy atom. The second-order valence-corrected chi connectivity index (χ2v) is 27.2. The van der Waals surface area contributed by atoms with Gasteiger partial charge in [-0.3, -0.25) is 33.7 Å². The van der Waals surface area contributed by atoms with Crippen molar-refractivity contribution in [1.82, 2.24) is 43.5 Å². The highest BCUT2D eigenvalue weighted by molar-refractivity contribution is 7.88. The number of benzene rings is 3. The van der Waals surface area contributed by atoms with Crippen molar-refractivity contribution in [3.05, 3.63) is 101 Å². The zero-order chi connectivity index (χ0) is 61.5. The Morgan fingerprint density at radius 3 is 1.21 bits per heavy atom. The van der Waals surface area contributed by atoms with Gasteiger partial charge in [-0.25, -0.2) is 8.42 Å². The van der Waals surface area contributed by atoms with Crippen LogP contribution in [0.1, 0.15) is 61.6 Å². The molecule has 0 radical (unpaired) electrons. The highest BCUT2D eigenvalue weighted by Gasteiger charge is 2.38. The van der Waals surface area contributed by atoms with E-state index in [2.05, 4.69) is 14.7 Å². The van der Waals surface area contributed by atoms with Gasteiger partial charge in [-0.1, -0.05) is 87.8 Å². The fourth-order valence-corrected chi connectivity index (χ4v) is 13.8. The van der Waals surface area contributed by atoms with E-state index in [1.807, 2.05) is 25.7 Å². The number of carboxylic acids is 2. The fraction of sp³-hybridized carbons (Fsp3) is 0.586. The van der Waals surface area contributed by atoms with Crippen molar-refractivity contribution in [2.45, 2.75) is 88.4 Å². The molecule has 4 amide bonds.